The Morgan fingerprint density at radius 3 is 2.38 bits per heavy atom. The summed E-state index contributed by atoms with van der Waals surface area (Å²) in [6.45, 7) is 7.39. The van der Waals surface area contributed by atoms with Crippen LogP contribution in [0.2, 0.25) is 0 Å². The summed E-state index contributed by atoms with van der Waals surface area (Å²) in [4.78, 5) is 13.0. The van der Waals surface area contributed by atoms with Crippen molar-refractivity contribution in [2.45, 2.75) is 69.9 Å². The van der Waals surface area contributed by atoms with Crippen LogP contribution >= 0.6 is 12.4 Å². The van der Waals surface area contributed by atoms with E-state index in [1.807, 2.05) is 26.8 Å². The minimum atomic E-state index is -0.844. The predicted octanol–water partition coefficient (Wildman–Crippen LogP) is 3.57. The second kappa shape index (κ2) is 7.87. The van der Waals surface area contributed by atoms with Crippen LogP contribution in [-0.4, -0.2) is 30.7 Å². The van der Waals surface area contributed by atoms with Crippen molar-refractivity contribution in [3.05, 3.63) is 35.9 Å². The number of amides is 1. The Kier molecular flexibility index (Phi) is 6.42. The van der Waals surface area contributed by atoms with Gasteiger partial charge in [-0.2, -0.15) is 0 Å². The predicted molar refractivity (Wildman–Crippen MR) is 108 cm³/mol. The van der Waals surface area contributed by atoms with Gasteiger partial charge < -0.3 is 15.8 Å². The van der Waals surface area contributed by atoms with Crippen LogP contribution in [0, 0.1) is 5.41 Å². The topological polar surface area (TPSA) is 64.3 Å². The molecule has 0 heterocycles. The summed E-state index contributed by atoms with van der Waals surface area (Å²) in [5.41, 5.74) is 6.72. The molecule has 2 unspecified atom stereocenters. The van der Waals surface area contributed by atoms with Gasteiger partial charge in [0.15, 0.2) is 0 Å². The van der Waals surface area contributed by atoms with E-state index in [9.17, 15) is 4.79 Å². The fraction of sp³-hybridized carbons (Fsp3) is 0.667. The number of ether oxygens (including phenoxy) is 1. The number of hydrogen-bond acceptors (Lipinski definition) is 3. The Morgan fingerprint density at radius 1 is 1.23 bits per heavy atom. The molecular weight excluding hydrogens is 348 g/mol. The van der Waals surface area contributed by atoms with E-state index < -0.39 is 5.54 Å². The molecule has 26 heavy (non-hydrogen) atoms. The van der Waals surface area contributed by atoms with Gasteiger partial charge in [-0.25, -0.2) is 0 Å². The summed E-state index contributed by atoms with van der Waals surface area (Å²) >= 11 is 0. The second-order valence-electron chi connectivity index (χ2n) is 8.38. The zero-order valence-electron chi connectivity index (χ0n) is 16.2. The Morgan fingerprint density at radius 2 is 1.85 bits per heavy atom. The molecule has 1 aromatic rings. The van der Waals surface area contributed by atoms with Crippen LogP contribution in [0.25, 0.3) is 0 Å². The third kappa shape index (κ3) is 3.39. The highest BCUT2D eigenvalue weighted by Gasteiger charge is 2.63. The largest absolute Gasteiger partial charge is 0.378 e. The van der Waals surface area contributed by atoms with E-state index >= 15 is 0 Å². The second-order valence-corrected chi connectivity index (χ2v) is 8.38. The lowest BCUT2D eigenvalue weighted by molar-refractivity contribution is -0.170. The number of rotatable bonds is 6. The molecule has 0 aliphatic heterocycles. The van der Waals surface area contributed by atoms with Gasteiger partial charge in [-0.05, 0) is 25.3 Å². The Labute approximate surface area is 163 Å². The highest BCUT2D eigenvalue weighted by molar-refractivity contribution is 5.89. The van der Waals surface area contributed by atoms with Crippen LogP contribution in [0.4, 0.5) is 0 Å². The summed E-state index contributed by atoms with van der Waals surface area (Å²) in [6.07, 6.45) is 5.34. The molecule has 0 bridgehead atoms. The SMILES string of the molecule is CCOC1CC(N)(C(=O)NCC2(c3ccccc3)CCCC2)C1(C)C.Cl. The van der Waals surface area contributed by atoms with Crippen molar-refractivity contribution in [3.63, 3.8) is 0 Å². The summed E-state index contributed by atoms with van der Waals surface area (Å²) in [5.74, 6) is -0.0318. The molecule has 2 atom stereocenters. The Balaban J connectivity index is 0.00000243. The average molecular weight is 381 g/mol. The summed E-state index contributed by atoms with van der Waals surface area (Å²) in [7, 11) is 0. The lowest BCUT2D eigenvalue weighted by Crippen LogP contribution is -2.76. The normalized spacial score (nSPS) is 28.7. The molecule has 0 aromatic heterocycles. The minimum absolute atomic E-state index is 0. The maximum atomic E-state index is 13.0. The molecule has 4 nitrogen and oxygen atoms in total. The van der Waals surface area contributed by atoms with Gasteiger partial charge in [-0.1, -0.05) is 57.0 Å². The molecule has 1 amide bonds. The quantitative estimate of drug-likeness (QED) is 0.792. The molecule has 2 saturated carbocycles. The molecule has 3 rings (SSSR count). The maximum absolute atomic E-state index is 13.0. The Hall–Kier alpha value is -1.10. The first-order valence-corrected chi connectivity index (χ1v) is 9.60. The summed E-state index contributed by atoms with van der Waals surface area (Å²) in [5, 5.41) is 3.21. The number of benzene rings is 1. The molecule has 5 heteroatoms. The molecular formula is C21H33ClN2O2. The van der Waals surface area contributed by atoms with Crippen LogP contribution < -0.4 is 11.1 Å². The minimum Gasteiger partial charge on any atom is -0.378 e. The maximum Gasteiger partial charge on any atom is 0.240 e. The van der Waals surface area contributed by atoms with Crippen molar-refractivity contribution < 1.29 is 9.53 Å². The molecule has 0 saturated heterocycles. The molecule has 2 fully saturated rings. The highest BCUT2D eigenvalue weighted by Crippen LogP contribution is 2.50. The van der Waals surface area contributed by atoms with Gasteiger partial charge in [0.1, 0.15) is 5.54 Å². The van der Waals surface area contributed by atoms with Crippen molar-refractivity contribution >= 4 is 18.3 Å². The lowest BCUT2D eigenvalue weighted by Gasteiger charge is -2.57. The number of hydrogen-bond donors (Lipinski definition) is 2. The molecule has 146 valence electrons. The van der Waals surface area contributed by atoms with E-state index in [-0.39, 0.29) is 35.2 Å². The van der Waals surface area contributed by atoms with Gasteiger partial charge in [-0.15, -0.1) is 12.4 Å². The van der Waals surface area contributed by atoms with E-state index in [4.69, 9.17) is 10.5 Å². The molecule has 2 aliphatic carbocycles. The van der Waals surface area contributed by atoms with E-state index in [0.717, 1.165) is 12.8 Å². The first kappa shape index (κ1) is 21.2. The number of carbonyl (C=O) groups excluding carboxylic acids is 1. The molecule has 0 spiro atoms. The zero-order chi connectivity index (χ0) is 18.1. The lowest BCUT2D eigenvalue weighted by atomic mass is 9.54. The van der Waals surface area contributed by atoms with Crippen LogP contribution in [0.5, 0.6) is 0 Å². The van der Waals surface area contributed by atoms with E-state index in [1.165, 1.54) is 18.4 Å². The first-order chi connectivity index (χ1) is 11.9. The fourth-order valence-electron chi connectivity index (χ4n) is 4.64. The van der Waals surface area contributed by atoms with Crippen LogP contribution in [0.1, 0.15) is 58.4 Å². The molecule has 2 aliphatic rings. The monoisotopic (exact) mass is 380 g/mol. The van der Waals surface area contributed by atoms with Crippen LogP contribution in [0.3, 0.4) is 0 Å². The molecule has 1 aromatic carbocycles. The van der Waals surface area contributed by atoms with Gasteiger partial charge in [0.25, 0.3) is 0 Å². The van der Waals surface area contributed by atoms with Gasteiger partial charge in [0, 0.05) is 30.4 Å². The van der Waals surface area contributed by atoms with Gasteiger partial charge in [0.2, 0.25) is 5.91 Å². The van der Waals surface area contributed by atoms with Crippen molar-refractivity contribution in [3.8, 4) is 0 Å². The number of carbonyl (C=O) groups is 1. The summed E-state index contributed by atoms with van der Waals surface area (Å²) < 4.78 is 5.75. The van der Waals surface area contributed by atoms with E-state index in [1.54, 1.807) is 0 Å². The van der Waals surface area contributed by atoms with E-state index in [0.29, 0.717) is 19.6 Å². The van der Waals surface area contributed by atoms with Gasteiger partial charge in [0.05, 0.1) is 6.10 Å². The van der Waals surface area contributed by atoms with Gasteiger partial charge >= 0.3 is 0 Å². The Bertz CT molecular complexity index is 614. The standard InChI is InChI=1S/C21H32N2O2.ClH/c1-4-25-17-14-21(22,19(17,2)3)18(24)23-15-20(12-8-9-13-20)16-10-6-5-7-11-16;/h5-7,10-11,17H,4,8-9,12-15,22H2,1-3H3,(H,23,24);1H. The third-order valence-electron chi connectivity index (χ3n) is 6.77. The highest BCUT2D eigenvalue weighted by atomic mass is 35.5. The zero-order valence-corrected chi connectivity index (χ0v) is 17.0. The molecule has 3 N–H and O–H groups in total. The van der Waals surface area contributed by atoms with Crippen molar-refractivity contribution in [2.75, 3.05) is 13.2 Å². The summed E-state index contributed by atoms with van der Waals surface area (Å²) in [6, 6.07) is 10.6. The third-order valence-corrected chi connectivity index (χ3v) is 6.77. The van der Waals surface area contributed by atoms with Gasteiger partial charge in [-0.3, -0.25) is 4.79 Å². The van der Waals surface area contributed by atoms with Crippen molar-refractivity contribution in [1.82, 2.24) is 5.32 Å². The van der Waals surface area contributed by atoms with Crippen molar-refractivity contribution in [2.24, 2.45) is 11.1 Å². The molecule has 0 radical (unpaired) electrons. The number of nitrogens with two attached hydrogens (primary N) is 1. The average Bonchev–Trinajstić information content (AvgIpc) is 3.10. The number of nitrogens with one attached hydrogen (secondary N) is 1. The first-order valence-electron chi connectivity index (χ1n) is 9.60. The smallest absolute Gasteiger partial charge is 0.240 e. The van der Waals surface area contributed by atoms with Crippen molar-refractivity contribution in [1.29, 1.82) is 0 Å². The van der Waals surface area contributed by atoms with Crippen LogP contribution in [0.15, 0.2) is 30.3 Å². The van der Waals surface area contributed by atoms with E-state index in [2.05, 4.69) is 29.6 Å². The fourth-order valence-corrected chi connectivity index (χ4v) is 4.64. The number of halogens is 1. The van der Waals surface area contributed by atoms with Crippen LogP contribution in [-0.2, 0) is 14.9 Å².